The van der Waals surface area contributed by atoms with Gasteiger partial charge >= 0.3 is 0 Å². The number of hydrogen-bond donors (Lipinski definition) is 2. The van der Waals surface area contributed by atoms with E-state index in [-0.39, 0.29) is 16.0 Å². The van der Waals surface area contributed by atoms with Gasteiger partial charge in [-0.15, -0.1) is 11.3 Å². The molecule has 0 spiro atoms. The lowest BCUT2D eigenvalue weighted by Crippen LogP contribution is -2.49. The molecule has 1 amide bonds. The molecule has 2 N–H and O–H groups in total. The van der Waals surface area contributed by atoms with Crippen molar-refractivity contribution in [3.05, 3.63) is 17.5 Å². The summed E-state index contributed by atoms with van der Waals surface area (Å²) in [5, 5.41) is 4.47. The Balaban J connectivity index is 2.75. The molecule has 0 aliphatic carbocycles. The number of hydrogen-bond acceptors (Lipinski definition) is 4. The van der Waals surface area contributed by atoms with Crippen LogP contribution < -0.4 is 10.0 Å². The van der Waals surface area contributed by atoms with Gasteiger partial charge in [0.1, 0.15) is 10.3 Å². The number of carbonyl (C=O) groups is 1. The van der Waals surface area contributed by atoms with Gasteiger partial charge in [-0.1, -0.05) is 33.3 Å². The monoisotopic (exact) mass is 318 g/mol. The predicted molar refractivity (Wildman–Crippen MR) is 81.2 cm³/mol. The molecule has 114 valence electrons. The second-order valence-corrected chi connectivity index (χ2v) is 7.81. The van der Waals surface area contributed by atoms with E-state index in [0.29, 0.717) is 6.54 Å². The quantitative estimate of drug-likeness (QED) is 0.720. The SMILES string of the molecule is CCCCNC(=O)[C@@H](NS(=O)(=O)c1cccs1)C(C)C. The fraction of sp³-hybridized carbons (Fsp3) is 0.615. The standard InChI is InChI=1S/C13H22N2O3S2/c1-4-5-8-14-13(16)12(10(2)3)15-20(17,18)11-7-6-9-19-11/h6-7,9-10,12,15H,4-5,8H2,1-3H3,(H,14,16)/t12-/m0/s1. The summed E-state index contributed by atoms with van der Waals surface area (Å²) >= 11 is 1.13. The van der Waals surface area contributed by atoms with Crippen LogP contribution in [0.5, 0.6) is 0 Å². The third kappa shape index (κ3) is 4.88. The van der Waals surface area contributed by atoms with E-state index >= 15 is 0 Å². The van der Waals surface area contributed by atoms with E-state index in [2.05, 4.69) is 10.0 Å². The lowest BCUT2D eigenvalue weighted by atomic mass is 10.1. The van der Waals surface area contributed by atoms with Crippen LogP contribution in [0.4, 0.5) is 0 Å². The van der Waals surface area contributed by atoms with Gasteiger partial charge in [0.25, 0.3) is 10.0 Å². The second kappa shape index (κ2) is 7.75. The highest BCUT2D eigenvalue weighted by atomic mass is 32.2. The van der Waals surface area contributed by atoms with Gasteiger partial charge in [-0.25, -0.2) is 8.42 Å². The summed E-state index contributed by atoms with van der Waals surface area (Å²) in [5.41, 5.74) is 0. The predicted octanol–water partition coefficient (Wildman–Crippen LogP) is 1.97. The lowest BCUT2D eigenvalue weighted by molar-refractivity contribution is -0.123. The molecule has 1 aromatic heterocycles. The van der Waals surface area contributed by atoms with E-state index in [1.165, 1.54) is 6.07 Å². The Morgan fingerprint density at radius 3 is 2.60 bits per heavy atom. The van der Waals surface area contributed by atoms with E-state index in [4.69, 9.17) is 0 Å². The number of amides is 1. The molecule has 0 aliphatic rings. The van der Waals surface area contributed by atoms with E-state index in [0.717, 1.165) is 24.2 Å². The van der Waals surface area contributed by atoms with E-state index in [1.54, 1.807) is 11.4 Å². The normalized spacial score (nSPS) is 13.4. The van der Waals surface area contributed by atoms with Crippen LogP contribution in [-0.4, -0.2) is 26.9 Å². The zero-order valence-electron chi connectivity index (χ0n) is 12.0. The molecule has 0 aliphatic heterocycles. The fourth-order valence-electron chi connectivity index (χ4n) is 1.63. The molecule has 0 bridgehead atoms. The zero-order chi connectivity index (χ0) is 15.2. The Morgan fingerprint density at radius 2 is 2.10 bits per heavy atom. The topological polar surface area (TPSA) is 75.3 Å². The van der Waals surface area contributed by atoms with Crippen LogP contribution in [0.1, 0.15) is 33.6 Å². The van der Waals surface area contributed by atoms with Crippen molar-refractivity contribution in [2.24, 2.45) is 5.92 Å². The molecule has 0 fully saturated rings. The summed E-state index contributed by atoms with van der Waals surface area (Å²) in [4.78, 5) is 12.1. The van der Waals surface area contributed by atoms with Gasteiger partial charge in [0.05, 0.1) is 0 Å². The van der Waals surface area contributed by atoms with E-state index in [9.17, 15) is 13.2 Å². The van der Waals surface area contributed by atoms with Gasteiger partial charge in [-0.05, 0) is 23.8 Å². The first-order valence-corrected chi connectivity index (χ1v) is 9.08. The molecule has 0 radical (unpaired) electrons. The van der Waals surface area contributed by atoms with Crippen molar-refractivity contribution in [3.63, 3.8) is 0 Å². The summed E-state index contributed by atoms with van der Waals surface area (Å²) in [6.45, 7) is 6.24. The minimum Gasteiger partial charge on any atom is -0.355 e. The van der Waals surface area contributed by atoms with E-state index < -0.39 is 16.1 Å². The fourth-order valence-corrected chi connectivity index (χ4v) is 3.99. The Morgan fingerprint density at radius 1 is 1.40 bits per heavy atom. The molecule has 0 aromatic carbocycles. The summed E-state index contributed by atoms with van der Waals surface area (Å²) in [6, 6.07) is 2.45. The first-order valence-electron chi connectivity index (χ1n) is 6.72. The minimum atomic E-state index is -3.63. The zero-order valence-corrected chi connectivity index (χ0v) is 13.7. The van der Waals surface area contributed by atoms with Crippen LogP contribution in [-0.2, 0) is 14.8 Å². The Hall–Kier alpha value is -0.920. The van der Waals surface area contributed by atoms with Crippen molar-refractivity contribution < 1.29 is 13.2 Å². The lowest BCUT2D eigenvalue weighted by Gasteiger charge is -2.21. The molecule has 0 unspecified atom stereocenters. The van der Waals surface area contributed by atoms with Crippen LogP contribution in [0.15, 0.2) is 21.7 Å². The summed E-state index contributed by atoms with van der Waals surface area (Å²) in [6.07, 6.45) is 1.86. The van der Waals surface area contributed by atoms with Gasteiger partial charge < -0.3 is 5.32 Å². The smallest absolute Gasteiger partial charge is 0.250 e. The molecular formula is C13H22N2O3S2. The molecular weight excluding hydrogens is 296 g/mol. The first-order chi connectivity index (χ1) is 9.38. The Kier molecular flexibility index (Phi) is 6.64. The molecule has 7 heteroatoms. The highest BCUT2D eigenvalue weighted by Gasteiger charge is 2.28. The van der Waals surface area contributed by atoms with Crippen molar-refractivity contribution >= 4 is 27.3 Å². The van der Waals surface area contributed by atoms with Gasteiger partial charge in [0.2, 0.25) is 5.91 Å². The van der Waals surface area contributed by atoms with Crippen molar-refractivity contribution in [1.29, 1.82) is 0 Å². The maximum atomic E-state index is 12.2. The molecule has 1 rings (SSSR count). The second-order valence-electron chi connectivity index (χ2n) is 4.92. The van der Waals surface area contributed by atoms with Gasteiger partial charge in [0.15, 0.2) is 0 Å². The van der Waals surface area contributed by atoms with Gasteiger partial charge in [0, 0.05) is 6.54 Å². The number of nitrogens with one attached hydrogen (secondary N) is 2. The van der Waals surface area contributed by atoms with Crippen molar-refractivity contribution in [2.75, 3.05) is 6.54 Å². The van der Waals surface area contributed by atoms with Crippen LogP contribution in [0.25, 0.3) is 0 Å². The maximum Gasteiger partial charge on any atom is 0.250 e. The Bertz CT molecular complexity index is 510. The largest absolute Gasteiger partial charge is 0.355 e. The number of thiophene rings is 1. The molecule has 1 heterocycles. The van der Waals surface area contributed by atoms with Crippen LogP contribution >= 0.6 is 11.3 Å². The van der Waals surface area contributed by atoms with Gasteiger partial charge in [-0.2, -0.15) is 4.72 Å². The molecule has 20 heavy (non-hydrogen) atoms. The third-order valence-electron chi connectivity index (χ3n) is 2.82. The van der Waals surface area contributed by atoms with Crippen molar-refractivity contribution in [1.82, 2.24) is 10.0 Å². The minimum absolute atomic E-state index is 0.119. The highest BCUT2D eigenvalue weighted by molar-refractivity contribution is 7.91. The summed E-state index contributed by atoms with van der Waals surface area (Å²) in [7, 11) is -3.63. The van der Waals surface area contributed by atoms with E-state index in [1.807, 2.05) is 20.8 Å². The third-order valence-corrected chi connectivity index (χ3v) is 5.66. The van der Waals surface area contributed by atoms with Gasteiger partial charge in [-0.3, -0.25) is 4.79 Å². The number of rotatable bonds is 8. The highest BCUT2D eigenvalue weighted by Crippen LogP contribution is 2.17. The number of sulfonamides is 1. The maximum absolute atomic E-state index is 12.2. The van der Waals surface area contributed by atoms with Crippen LogP contribution in [0, 0.1) is 5.92 Å². The first kappa shape index (κ1) is 17.1. The van der Waals surface area contributed by atoms with Crippen LogP contribution in [0.3, 0.4) is 0 Å². The average molecular weight is 318 g/mol. The van der Waals surface area contributed by atoms with Crippen molar-refractivity contribution in [2.45, 2.75) is 43.9 Å². The molecule has 5 nitrogen and oxygen atoms in total. The summed E-state index contributed by atoms with van der Waals surface area (Å²) in [5.74, 6) is -0.389. The van der Waals surface area contributed by atoms with Crippen molar-refractivity contribution in [3.8, 4) is 0 Å². The summed E-state index contributed by atoms with van der Waals surface area (Å²) < 4.78 is 27.0. The van der Waals surface area contributed by atoms with Crippen LogP contribution in [0.2, 0.25) is 0 Å². The molecule has 1 atom stereocenters. The molecule has 0 saturated heterocycles. The number of unbranched alkanes of at least 4 members (excludes halogenated alkanes) is 1. The average Bonchev–Trinajstić information content (AvgIpc) is 2.90. The molecule has 0 saturated carbocycles. The Labute approximate surface area is 124 Å². The molecule has 1 aromatic rings. The number of carbonyl (C=O) groups excluding carboxylic acids is 1.